The predicted octanol–water partition coefficient (Wildman–Crippen LogP) is 1.54. The molecule has 3 nitrogen and oxygen atoms in total. The number of nitrogens with zero attached hydrogens (tertiary/aromatic N) is 1. The number of amides is 1. The van der Waals surface area contributed by atoms with Crippen LogP contribution in [-0.2, 0) is 17.8 Å². The Morgan fingerprint density at radius 2 is 2.12 bits per heavy atom. The van der Waals surface area contributed by atoms with Crippen LogP contribution in [0.3, 0.4) is 0 Å². The fourth-order valence-electron chi connectivity index (χ4n) is 1.87. The second kappa shape index (κ2) is 4.08. The molecule has 1 N–H and O–H groups in total. The van der Waals surface area contributed by atoms with Crippen molar-refractivity contribution in [2.45, 2.75) is 19.4 Å². The molecular weight excluding hydrogens is 216 g/mol. The summed E-state index contributed by atoms with van der Waals surface area (Å²) in [5.41, 5.74) is 1.73. The third-order valence-electron chi connectivity index (χ3n) is 2.70. The summed E-state index contributed by atoms with van der Waals surface area (Å²) in [6, 6.07) is 4.83. The first-order valence-corrected chi connectivity index (χ1v) is 4.95. The quantitative estimate of drug-likeness (QED) is 0.790. The Morgan fingerprint density at radius 1 is 1.38 bits per heavy atom. The molecule has 1 aliphatic rings. The zero-order valence-corrected chi connectivity index (χ0v) is 8.49. The van der Waals surface area contributed by atoms with E-state index in [1.54, 1.807) is 12.1 Å². The van der Waals surface area contributed by atoms with E-state index in [1.165, 1.54) is 6.07 Å². The number of benzene rings is 1. The van der Waals surface area contributed by atoms with E-state index in [0.29, 0.717) is 13.0 Å². The number of aromatic hydroxyl groups is 1. The molecule has 5 heteroatoms. The van der Waals surface area contributed by atoms with Gasteiger partial charge in [-0.15, -0.1) is 0 Å². The number of hydrogen-bond donors (Lipinski definition) is 1. The number of halogens is 2. The van der Waals surface area contributed by atoms with Crippen LogP contribution >= 0.6 is 0 Å². The topological polar surface area (TPSA) is 40.5 Å². The highest BCUT2D eigenvalue weighted by Gasteiger charge is 2.26. The molecule has 0 aliphatic carbocycles. The van der Waals surface area contributed by atoms with E-state index in [-0.39, 0.29) is 12.3 Å². The number of phenolic OH excluding ortho intramolecular Hbond substituents is 1. The van der Waals surface area contributed by atoms with Crippen LogP contribution in [0.25, 0.3) is 0 Å². The molecule has 0 saturated carbocycles. The van der Waals surface area contributed by atoms with E-state index in [2.05, 4.69) is 0 Å². The summed E-state index contributed by atoms with van der Waals surface area (Å²) >= 11 is 0. The third kappa shape index (κ3) is 1.98. The lowest BCUT2D eigenvalue weighted by Gasteiger charge is -2.28. The van der Waals surface area contributed by atoms with Crippen molar-refractivity contribution in [3.63, 3.8) is 0 Å². The third-order valence-corrected chi connectivity index (χ3v) is 2.70. The second-order valence-electron chi connectivity index (χ2n) is 3.76. The van der Waals surface area contributed by atoms with Crippen molar-refractivity contribution in [1.29, 1.82) is 0 Å². The van der Waals surface area contributed by atoms with Gasteiger partial charge in [0.2, 0.25) is 0 Å². The summed E-state index contributed by atoms with van der Waals surface area (Å²) < 4.78 is 24.5. The van der Waals surface area contributed by atoms with Gasteiger partial charge in [-0.1, -0.05) is 6.07 Å². The SMILES string of the molecule is O=C(C(F)F)N1CCc2ccc(O)cc2C1. The van der Waals surface area contributed by atoms with E-state index in [0.717, 1.165) is 16.0 Å². The van der Waals surface area contributed by atoms with Gasteiger partial charge in [0, 0.05) is 13.1 Å². The fourth-order valence-corrected chi connectivity index (χ4v) is 1.87. The van der Waals surface area contributed by atoms with E-state index >= 15 is 0 Å². The molecule has 0 bridgehead atoms. The first-order valence-electron chi connectivity index (χ1n) is 4.95. The maximum absolute atomic E-state index is 12.2. The van der Waals surface area contributed by atoms with Gasteiger partial charge in [-0.2, -0.15) is 8.78 Å². The highest BCUT2D eigenvalue weighted by Crippen LogP contribution is 2.23. The molecule has 1 heterocycles. The molecule has 1 aliphatic heterocycles. The Morgan fingerprint density at radius 3 is 2.81 bits per heavy atom. The summed E-state index contributed by atoms with van der Waals surface area (Å²) in [5.74, 6) is -1.06. The van der Waals surface area contributed by atoms with Crippen LogP contribution in [0.4, 0.5) is 8.78 Å². The van der Waals surface area contributed by atoms with Gasteiger partial charge in [0.05, 0.1) is 0 Å². The van der Waals surface area contributed by atoms with Crippen molar-refractivity contribution in [1.82, 2.24) is 4.90 Å². The lowest BCUT2D eigenvalue weighted by atomic mass is 9.99. The monoisotopic (exact) mass is 227 g/mol. The van der Waals surface area contributed by atoms with E-state index in [4.69, 9.17) is 0 Å². The number of carbonyl (C=O) groups is 1. The summed E-state index contributed by atoms with van der Waals surface area (Å²) in [6.07, 6.45) is -2.41. The van der Waals surface area contributed by atoms with Crippen LogP contribution in [0.15, 0.2) is 18.2 Å². The zero-order valence-electron chi connectivity index (χ0n) is 8.49. The summed E-state index contributed by atoms with van der Waals surface area (Å²) in [7, 11) is 0. The fraction of sp³-hybridized carbons (Fsp3) is 0.364. The van der Waals surface area contributed by atoms with Crippen molar-refractivity contribution < 1.29 is 18.7 Å². The largest absolute Gasteiger partial charge is 0.508 e. The first kappa shape index (κ1) is 10.9. The van der Waals surface area contributed by atoms with E-state index < -0.39 is 12.3 Å². The summed E-state index contributed by atoms with van der Waals surface area (Å²) in [4.78, 5) is 12.2. The number of alkyl halides is 2. The van der Waals surface area contributed by atoms with Crippen LogP contribution in [0.5, 0.6) is 5.75 Å². The average Bonchev–Trinajstić information content (AvgIpc) is 2.26. The molecule has 0 spiro atoms. The standard InChI is InChI=1S/C11H11F2NO2/c12-10(13)11(16)14-4-3-7-1-2-9(15)5-8(7)6-14/h1-2,5,10,15H,3-4,6H2. The molecule has 0 saturated heterocycles. The van der Waals surface area contributed by atoms with Gasteiger partial charge in [0.15, 0.2) is 0 Å². The first-order chi connectivity index (χ1) is 7.58. The molecule has 16 heavy (non-hydrogen) atoms. The number of fused-ring (bicyclic) bond motifs is 1. The van der Waals surface area contributed by atoms with E-state index in [1.807, 2.05) is 0 Å². The lowest BCUT2D eigenvalue weighted by molar-refractivity contribution is -0.143. The predicted molar refractivity (Wildman–Crippen MR) is 53.2 cm³/mol. The Bertz CT molecular complexity index is 420. The minimum absolute atomic E-state index is 0.0881. The van der Waals surface area contributed by atoms with Crippen molar-refractivity contribution in [2.75, 3.05) is 6.54 Å². The Balaban J connectivity index is 2.20. The lowest BCUT2D eigenvalue weighted by Crippen LogP contribution is -2.39. The molecule has 2 rings (SSSR count). The average molecular weight is 227 g/mol. The maximum Gasteiger partial charge on any atom is 0.315 e. The van der Waals surface area contributed by atoms with Crippen LogP contribution in [0.1, 0.15) is 11.1 Å². The molecule has 1 amide bonds. The van der Waals surface area contributed by atoms with Crippen LogP contribution in [0.2, 0.25) is 0 Å². The molecule has 0 aromatic heterocycles. The summed E-state index contributed by atoms with van der Waals surface area (Å²) in [5, 5.41) is 9.27. The number of rotatable bonds is 1. The van der Waals surface area contributed by atoms with Crippen LogP contribution < -0.4 is 0 Å². The highest BCUT2D eigenvalue weighted by atomic mass is 19.3. The minimum atomic E-state index is -2.96. The molecule has 0 radical (unpaired) electrons. The van der Waals surface area contributed by atoms with Crippen molar-refractivity contribution in [2.24, 2.45) is 0 Å². The molecule has 86 valence electrons. The number of hydrogen-bond acceptors (Lipinski definition) is 2. The van der Waals surface area contributed by atoms with Gasteiger partial charge in [-0.3, -0.25) is 4.79 Å². The maximum atomic E-state index is 12.2. The van der Waals surface area contributed by atoms with Gasteiger partial charge in [0.1, 0.15) is 5.75 Å². The Kier molecular flexibility index (Phi) is 2.77. The number of phenols is 1. The summed E-state index contributed by atoms with van der Waals surface area (Å²) in [6.45, 7) is 0.452. The second-order valence-corrected chi connectivity index (χ2v) is 3.76. The molecular formula is C11H11F2NO2. The zero-order chi connectivity index (χ0) is 11.7. The van der Waals surface area contributed by atoms with Crippen molar-refractivity contribution in [3.8, 4) is 5.75 Å². The molecule has 0 atom stereocenters. The molecule has 0 unspecified atom stereocenters. The van der Waals surface area contributed by atoms with Crippen LogP contribution in [-0.4, -0.2) is 28.9 Å². The minimum Gasteiger partial charge on any atom is -0.508 e. The van der Waals surface area contributed by atoms with Gasteiger partial charge >= 0.3 is 6.43 Å². The molecule has 1 aromatic rings. The smallest absolute Gasteiger partial charge is 0.315 e. The highest BCUT2D eigenvalue weighted by molar-refractivity contribution is 5.79. The van der Waals surface area contributed by atoms with Gasteiger partial charge in [-0.25, -0.2) is 0 Å². The van der Waals surface area contributed by atoms with Crippen molar-refractivity contribution >= 4 is 5.91 Å². The van der Waals surface area contributed by atoms with Crippen LogP contribution in [0, 0.1) is 0 Å². The van der Waals surface area contributed by atoms with Gasteiger partial charge in [0.25, 0.3) is 5.91 Å². The normalized spacial score (nSPS) is 15.1. The van der Waals surface area contributed by atoms with E-state index in [9.17, 15) is 18.7 Å². The number of carbonyl (C=O) groups excluding carboxylic acids is 1. The molecule has 1 aromatic carbocycles. The van der Waals surface area contributed by atoms with Gasteiger partial charge in [-0.05, 0) is 29.7 Å². The molecule has 0 fully saturated rings. The van der Waals surface area contributed by atoms with Gasteiger partial charge < -0.3 is 10.0 Å². The Labute approximate surface area is 91.3 Å². The Hall–Kier alpha value is -1.65. The van der Waals surface area contributed by atoms with Crippen molar-refractivity contribution in [3.05, 3.63) is 29.3 Å².